The lowest BCUT2D eigenvalue weighted by molar-refractivity contribution is 0.991. The number of fused-ring (bicyclic) bond motifs is 1. The maximum Gasteiger partial charge on any atom is 0.0960 e. The Morgan fingerprint density at radius 2 is 2.20 bits per heavy atom. The maximum absolute atomic E-state index is 5.71. The van der Waals surface area contributed by atoms with Crippen LogP contribution in [0.5, 0.6) is 0 Å². The van der Waals surface area contributed by atoms with Crippen LogP contribution in [0, 0.1) is 0 Å². The highest BCUT2D eigenvalue weighted by Crippen LogP contribution is 2.22. The van der Waals surface area contributed by atoms with Crippen molar-refractivity contribution in [3.63, 3.8) is 0 Å². The lowest BCUT2D eigenvalue weighted by Crippen LogP contribution is -1.80. The van der Waals surface area contributed by atoms with Gasteiger partial charge in [0, 0.05) is 10.6 Å². The molecule has 0 aliphatic carbocycles. The third kappa shape index (κ3) is 0.772. The van der Waals surface area contributed by atoms with Crippen molar-refractivity contribution in [3.8, 4) is 0 Å². The lowest BCUT2D eigenvalue weighted by Gasteiger charge is -1.93. The first-order valence-electron chi connectivity index (χ1n) is 2.90. The van der Waals surface area contributed by atoms with Gasteiger partial charge >= 0.3 is 0 Å². The molecule has 3 heteroatoms. The topological polar surface area (TPSA) is 26.5 Å². The zero-order chi connectivity index (χ0) is 6.97. The van der Waals surface area contributed by atoms with Gasteiger partial charge in [0.2, 0.25) is 0 Å². The third-order valence-electron chi connectivity index (χ3n) is 1.35. The van der Waals surface area contributed by atoms with E-state index in [4.69, 9.17) is 11.6 Å². The molecule has 0 N–H and O–H groups in total. The molecule has 2 nitrogen and oxygen atoms in total. The number of benzene rings is 1. The molecule has 2 rings (SSSR count). The van der Waals surface area contributed by atoms with Crippen molar-refractivity contribution in [3.05, 3.63) is 28.8 Å². The van der Waals surface area contributed by atoms with E-state index in [2.05, 4.69) is 10.5 Å². The summed E-state index contributed by atoms with van der Waals surface area (Å²) in [5.41, 5.74) is 5.73. The molecule has 1 radical (unpaired) electrons. The van der Waals surface area contributed by atoms with E-state index >= 15 is 0 Å². The van der Waals surface area contributed by atoms with Crippen molar-refractivity contribution in [2.75, 3.05) is 0 Å². The van der Waals surface area contributed by atoms with Gasteiger partial charge in [0.15, 0.2) is 0 Å². The van der Waals surface area contributed by atoms with E-state index in [0.29, 0.717) is 5.02 Å². The molecule has 0 amide bonds. The van der Waals surface area contributed by atoms with E-state index in [-0.39, 0.29) is 0 Å². The second kappa shape index (κ2) is 1.99. The Labute approximate surface area is 63.5 Å². The monoisotopic (exact) mass is 151 g/mol. The molecule has 0 bridgehead atoms. The Kier molecular flexibility index (Phi) is 1.14. The summed E-state index contributed by atoms with van der Waals surface area (Å²) >= 11 is 5.71. The molecular weight excluding hydrogens is 148 g/mol. The highest BCUT2D eigenvalue weighted by atomic mass is 35.5. The van der Waals surface area contributed by atoms with Gasteiger partial charge in [-0.1, -0.05) is 11.6 Å². The summed E-state index contributed by atoms with van der Waals surface area (Å²) in [6, 6.07) is 5.52. The number of halogens is 1. The van der Waals surface area contributed by atoms with Gasteiger partial charge in [0.1, 0.15) is 0 Å². The van der Waals surface area contributed by atoms with Gasteiger partial charge in [-0.05, 0) is 18.2 Å². The van der Waals surface area contributed by atoms with Crippen LogP contribution in [0.4, 0.5) is 5.69 Å². The zero-order valence-corrected chi connectivity index (χ0v) is 5.84. The molecule has 1 aliphatic heterocycles. The standard InChI is InChI=1S/C7H4ClN2/c8-6-2-1-5-4-9-10-7(5)3-6/h1-4H. The second-order valence-electron chi connectivity index (χ2n) is 2.05. The zero-order valence-electron chi connectivity index (χ0n) is 5.08. The van der Waals surface area contributed by atoms with Crippen molar-refractivity contribution < 1.29 is 0 Å². The Morgan fingerprint density at radius 1 is 1.30 bits per heavy atom. The van der Waals surface area contributed by atoms with Crippen molar-refractivity contribution in [2.45, 2.75) is 0 Å². The molecular formula is C7H4ClN2. The van der Waals surface area contributed by atoms with Gasteiger partial charge < -0.3 is 0 Å². The Hall–Kier alpha value is -1.02. The number of hydrogen-bond acceptors (Lipinski definition) is 1. The van der Waals surface area contributed by atoms with Gasteiger partial charge in [-0.15, -0.1) is 0 Å². The summed E-state index contributed by atoms with van der Waals surface area (Å²) < 4.78 is 0. The Balaban J connectivity index is 2.59. The van der Waals surface area contributed by atoms with Crippen molar-refractivity contribution in [2.24, 2.45) is 5.10 Å². The van der Waals surface area contributed by atoms with Crippen LogP contribution in [0.25, 0.3) is 0 Å². The van der Waals surface area contributed by atoms with E-state index in [1.54, 1.807) is 12.3 Å². The summed E-state index contributed by atoms with van der Waals surface area (Å²) in [5.74, 6) is 0. The smallest absolute Gasteiger partial charge is 0.0960 e. The van der Waals surface area contributed by atoms with Crippen LogP contribution >= 0.6 is 11.6 Å². The summed E-state index contributed by atoms with van der Waals surface area (Å²) in [6.07, 6.45) is 1.71. The van der Waals surface area contributed by atoms with Crippen LogP contribution in [-0.4, -0.2) is 6.21 Å². The molecule has 10 heavy (non-hydrogen) atoms. The third-order valence-corrected chi connectivity index (χ3v) is 1.59. The van der Waals surface area contributed by atoms with Crippen LogP contribution < -0.4 is 5.43 Å². The van der Waals surface area contributed by atoms with E-state index in [1.165, 1.54) is 0 Å². The van der Waals surface area contributed by atoms with E-state index < -0.39 is 0 Å². The van der Waals surface area contributed by atoms with Gasteiger partial charge in [-0.3, -0.25) is 0 Å². The summed E-state index contributed by atoms with van der Waals surface area (Å²) in [6.45, 7) is 0. The van der Waals surface area contributed by atoms with Crippen LogP contribution in [0.1, 0.15) is 5.56 Å². The molecule has 0 atom stereocenters. The molecule has 0 fully saturated rings. The predicted molar refractivity (Wildman–Crippen MR) is 40.8 cm³/mol. The molecule has 0 unspecified atom stereocenters. The van der Waals surface area contributed by atoms with Crippen molar-refractivity contribution >= 4 is 23.5 Å². The molecule has 49 valence electrons. The Bertz CT molecular complexity index is 294. The van der Waals surface area contributed by atoms with Gasteiger partial charge in [0.25, 0.3) is 0 Å². The minimum Gasteiger partial charge on any atom is -0.158 e. The van der Waals surface area contributed by atoms with Crippen molar-refractivity contribution in [1.82, 2.24) is 5.43 Å². The normalized spacial score (nSPS) is 12.9. The summed E-state index contributed by atoms with van der Waals surface area (Å²) in [5, 5.41) is 4.44. The maximum atomic E-state index is 5.71. The summed E-state index contributed by atoms with van der Waals surface area (Å²) in [7, 11) is 0. The average molecular weight is 152 g/mol. The Morgan fingerprint density at radius 3 is 3.10 bits per heavy atom. The van der Waals surface area contributed by atoms with Gasteiger partial charge in [0.05, 0.1) is 11.9 Å². The molecule has 1 heterocycles. The number of nitrogens with zero attached hydrogens (tertiary/aromatic N) is 2. The predicted octanol–water partition coefficient (Wildman–Crippen LogP) is 1.92. The fourth-order valence-corrected chi connectivity index (χ4v) is 1.03. The van der Waals surface area contributed by atoms with Crippen molar-refractivity contribution in [1.29, 1.82) is 0 Å². The first-order chi connectivity index (χ1) is 4.86. The lowest BCUT2D eigenvalue weighted by atomic mass is 10.2. The molecule has 1 aromatic carbocycles. The number of hydrogen-bond donors (Lipinski definition) is 0. The number of rotatable bonds is 0. The molecule has 0 saturated heterocycles. The summed E-state index contributed by atoms with van der Waals surface area (Å²) in [4.78, 5) is 0. The molecule has 0 spiro atoms. The quantitative estimate of drug-likeness (QED) is 0.542. The highest BCUT2D eigenvalue weighted by molar-refractivity contribution is 6.31. The molecule has 1 aliphatic rings. The average Bonchev–Trinajstić information content (AvgIpc) is 2.33. The van der Waals surface area contributed by atoms with Crippen LogP contribution in [0.3, 0.4) is 0 Å². The fourth-order valence-electron chi connectivity index (χ4n) is 0.866. The highest BCUT2D eigenvalue weighted by Gasteiger charge is 2.06. The first-order valence-corrected chi connectivity index (χ1v) is 3.28. The van der Waals surface area contributed by atoms with E-state index in [0.717, 1.165) is 11.3 Å². The minimum atomic E-state index is 0.702. The van der Waals surface area contributed by atoms with E-state index in [9.17, 15) is 0 Å². The van der Waals surface area contributed by atoms with E-state index in [1.807, 2.05) is 12.1 Å². The van der Waals surface area contributed by atoms with Crippen LogP contribution in [0.15, 0.2) is 23.3 Å². The van der Waals surface area contributed by atoms with Gasteiger partial charge in [-0.25, -0.2) is 0 Å². The molecule has 0 saturated carbocycles. The van der Waals surface area contributed by atoms with Crippen LogP contribution in [-0.2, 0) is 0 Å². The van der Waals surface area contributed by atoms with Crippen LogP contribution in [0.2, 0.25) is 5.02 Å². The first kappa shape index (κ1) is 5.74. The molecule has 0 aromatic heterocycles. The minimum absolute atomic E-state index is 0.702. The van der Waals surface area contributed by atoms with Gasteiger partial charge in [-0.2, -0.15) is 10.5 Å². The largest absolute Gasteiger partial charge is 0.158 e. The SMILES string of the molecule is Clc1ccc2c(c1)[N]N=C2. The second-order valence-corrected chi connectivity index (χ2v) is 2.48. The molecule has 1 aromatic rings. The fraction of sp³-hybridized carbons (Fsp3) is 0.